The molecule has 3 rings (SSSR count). The van der Waals surface area contributed by atoms with E-state index in [1.165, 1.54) is 17.7 Å². The molecule has 1 fully saturated rings. The molecular formula is C20H21FN2O2. The third kappa shape index (κ3) is 4.05. The predicted molar refractivity (Wildman–Crippen MR) is 94.8 cm³/mol. The molecule has 5 heteroatoms. The van der Waals surface area contributed by atoms with Gasteiger partial charge in [-0.2, -0.15) is 0 Å². The second-order valence-corrected chi connectivity index (χ2v) is 6.34. The van der Waals surface area contributed by atoms with Crippen molar-refractivity contribution in [1.29, 1.82) is 0 Å². The zero-order chi connectivity index (χ0) is 17.8. The van der Waals surface area contributed by atoms with E-state index < -0.39 is 5.92 Å². The van der Waals surface area contributed by atoms with Crippen molar-refractivity contribution in [1.82, 2.24) is 5.32 Å². The van der Waals surface area contributed by atoms with Gasteiger partial charge in [-0.1, -0.05) is 29.8 Å². The maximum atomic E-state index is 13.0. The Hall–Kier alpha value is -2.69. The Balaban J connectivity index is 1.54. The first-order valence-corrected chi connectivity index (χ1v) is 8.45. The van der Waals surface area contributed by atoms with Gasteiger partial charge < -0.3 is 10.2 Å². The van der Waals surface area contributed by atoms with Crippen LogP contribution in [0.5, 0.6) is 0 Å². The van der Waals surface area contributed by atoms with Crippen LogP contribution in [0.3, 0.4) is 0 Å². The molecule has 1 atom stereocenters. The first-order chi connectivity index (χ1) is 12.0. The van der Waals surface area contributed by atoms with Gasteiger partial charge in [0.25, 0.3) is 0 Å². The molecule has 0 bridgehead atoms. The Kier molecular flexibility index (Phi) is 5.12. The summed E-state index contributed by atoms with van der Waals surface area (Å²) in [5.41, 5.74) is 2.97. The normalized spacial score (nSPS) is 17.0. The van der Waals surface area contributed by atoms with Crippen molar-refractivity contribution >= 4 is 17.5 Å². The third-order valence-electron chi connectivity index (χ3n) is 4.46. The molecule has 0 radical (unpaired) electrons. The molecule has 4 nitrogen and oxygen atoms in total. The standard InChI is InChI=1S/C20H21FN2O2/c1-14-3-2-4-15(13-14)9-11-22-19(24)18-10-12-23(20(18)25)17-7-5-16(21)6-8-17/h2-8,13,18H,9-12H2,1H3,(H,22,24)/t18-/m1/s1. The van der Waals surface area contributed by atoms with E-state index in [9.17, 15) is 14.0 Å². The molecule has 1 heterocycles. The van der Waals surface area contributed by atoms with E-state index in [1.54, 1.807) is 17.0 Å². The molecule has 1 aliphatic rings. The second-order valence-electron chi connectivity index (χ2n) is 6.34. The summed E-state index contributed by atoms with van der Waals surface area (Å²) in [4.78, 5) is 26.4. The number of rotatable bonds is 5. The van der Waals surface area contributed by atoms with Gasteiger partial charge in [0.1, 0.15) is 11.7 Å². The lowest BCUT2D eigenvalue weighted by Crippen LogP contribution is -2.37. The van der Waals surface area contributed by atoms with Crippen molar-refractivity contribution < 1.29 is 14.0 Å². The molecule has 2 amide bonds. The lowest BCUT2D eigenvalue weighted by Gasteiger charge is -2.16. The van der Waals surface area contributed by atoms with Crippen molar-refractivity contribution in [3.63, 3.8) is 0 Å². The molecule has 0 unspecified atom stereocenters. The summed E-state index contributed by atoms with van der Waals surface area (Å²) in [6, 6.07) is 13.9. The first kappa shape index (κ1) is 17.1. The van der Waals surface area contributed by atoms with Crippen LogP contribution in [0.1, 0.15) is 17.5 Å². The number of hydrogen-bond acceptors (Lipinski definition) is 2. The quantitative estimate of drug-likeness (QED) is 0.851. The van der Waals surface area contributed by atoms with Gasteiger partial charge in [-0.25, -0.2) is 4.39 Å². The number of benzene rings is 2. The monoisotopic (exact) mass is 340 g/mol. The molecular weight excluding hydrogens is 319 g/mol. The molecule has 0 saturated carbocycles. The molecule has 1 aliphatic heterocycles. The van der Waals surface area contributed by atoms with Gasteiger partial charge in [0, 0.05) is 18.8 Å². The van der Waals surface area contributed by atoms with Crippen molar-refractivity contribution in [3.8, 4) is 0 Å². The lowest BCUT2D eigenvalue weighted by atomic mass is 10.1. The minimum Gasteiger partial charge on any atom is -0.355 e. The highest BCUT2D eigenvalue weighted by molar-refractivity contribution is 6.09. The number of nitrogens with zero attached hydrogens (tertiary/aromatic N) is 1. The number of carbonyl (C=O) groups is 2. The fourth-order valence-electron chi connectivity index (χ4n) is 3.12. The second kappa shape index (κ2) is 7.47. The fraction of sp³-hybridized carbons (Fsp3) is 0.300. The summed E-state index contributed by atoms with van der Waals surface area (Å²) in [7, 11) is 0. The average molecular weight is 340 g/mol. The van der Waals surface area contributed by atoms with E-state index in [0.717, 1.165) is 12.0 Å². The Morgan fingerprint density at radius 2 is 2.00 bits per heavy atom. The SMILES string of the molecule is Cc1cccc(CCNC(=O)[C@H]2CCN(c3ccc(F)cc3)C2=O)c1. The molecule has 1 saturated heterocycles. The van der Waals surface area contributed by atoms with Gasteiger partial charge in [-0.05, 0) is 49.6 Å². The van der Waals surface area contributed by atoms with Crippen molar-refractivity contribution in [2.45, 2.75) is 19.8 Å². The molecule has 0 aliphatic carbocycles. The number of amides is 2. The van der Waals surface area contributed by atoms with Gasteiger partial charge in [-0.15, -0.1) is 0 Å². The van der Waals surface area contributed by atoms with Gasteiger partial charge in [0.05, 0.1) is 0 Å². The van der Waals surface area contributed by atoms with E-state index in [-0.39, 0.29) is 17.6 Å². The van der Waals surface area contributed by atoms with Crippen LogP contribution in [0.15, 0.2) is 48.5 Å². The van der Waals surface area contributed by atoms with Crippen LogP contribution >= 0.6 is 0 Å². The van der Waals surface area contributed by atoms with Crippen LogP contribution < -0.4 is 10.2 Å². The van der Waals surface area contributed by atoms with Crippen LogP contribution in [0, 0.1) is 18.7 Å². The maximum absolute atomic E-state index is 13.0. The van der Waals surface area contributed by atoms with Crippen molar-refractivity contribution in [2.24, 2.45) is 5.92 Å². The lowest BCUT2D eigenvalue weighted by molar-refractivity contribution is -0.132. The Labute approximate surface area is 146 Å². The number of halogens is 1. The van der Waals surface area contributed by atoms with Crippen LogP contribution in [-0.4, -0.2) is 24.9 Å². The highest BCUT2D eigenvalue weighted by Gasteiger charge is 2.37. The van der Waals surface area contributed by atoms with Crippen LogP contribution in [0.2, 0.25) is 0 Å². The third-order valence-corrected chi connectivity index (χ3v) is 4.46. The number of carbonyl (C=O) groups excluding carboxylic acids is 2. The topological polar surface area (TPSA) is 49.4 Å². The molecule has 130 valence electrons. The van der Waals surface area contributed by atoms with Crippen LogP contribution in [-0.2, 0) is 16.0 Å². The summed E-state index contributed by atoms with van der Waals surface area (Å²) < 4.78 is 13.0. The summed E-state index contributed by atoms with van der Waals surface area (Å²) in [6.07, 6.45) is 1.21. The molecule has 0 aromatic heterocycles. The zero-order valence-corrected chi connectivity index (χ0v) is 14.2. The minimum absolute atomic E-state index is 0.223. The smallest absolute Gasteiger partial charge is 0.239 e. The molecule has 2 aromatic rings. The van der Waals surface area contributed by atoms with Gasteiger partial charge in [0.2, 0.25) is 11.8 Å². The van der Waals surface area contributed by atoms with E-state index in [1.807, 2.05) is 25.1 Å². The first-order valence-electron chi connectivity index (χ1n) is 8.45. The van der Waals surface area contributed by atoms with E-state index in [0.29, 0.717) is 25.2 Å². The Morgan fingerprint density at radius 3 is 2.72 bits per heavy atom. The number of hydrogen-bond donors (Lipinski definition) is 1. The molecule has 2 aromatic carbocycles. The largest absolute Gasteiger partial charge is 0.355 e. The molecule has 1 N–H and O–H groups in total. The highest BCUT2D eigenvalue weighted by Crippen LogP contribution is 2.25. The number of anilines is 1. The molecule has 25 heavy (non-hydrogen) atoms. The maximum Gasteiger partial charge on any atom is 0.239 e. The van der Waals surface area contributed by atoms with Gasteiger partial charge in [0.15, 0.2) is 0 Å². The summed E-state index contributed by atoms with van der Waals surface area (Å²) in [6.45, 7) is 3.01. The van der Waals surface area contributed by atoms with Gasteiger partial charge in [-0.3, -0.25) is 9.59 Å². The number of nitrogens with one attached hydrogen (secondary N) is 1. The Morgan fingerprint density at radius 1 is 1.24 bits per heavy atom. The van der Waals surface area contributed by atoms with E-state index >= 15 is 0 Å². The average Bonchev–Trinajstić information content (AvgIpc) is 2.97. The van der Waals surface area contributed by atoms with E-state index in [2.05, 4.69) is 11.4 Å². The number of aryl methyl sites for hydroxylation is 1. The van der Waals surface area contributed by atoms with Crippen molar-refractivity contribution in [2.75, 3.05) is 18.0 Å². The fourth-order valence-corrected chi connectivity index (χ4v) is 3.12. The van der Waals surface area contributed by atoms with Crippen LogP contribution in [0.25, 0.3) is 0 Å². The van der Waals surface area contributed by atoms with Crippen molar-refractivity contribution in [3.05, 3.63) is 65.5 Å². The summed E-state index contributed by atoms with van der Waals surface area (Å²) in [5.74, 6) is -1.47. The highest BCUT2D eigenvalue weighted by atomic mass is 19.1. The Bertz CT molecular complexity index is 774. The minimum atomic E-state index is -0.664. The van der Waals surface area contributed by atoms with Crippen LogP contribution in [0.4, 0.5) is 10.1 Å². The predicted octanol–water partition coefficient (Wildman–Crippen LogP) is 2.85. The summed E-state index contributed by atoms with van der Waals surface area (Å²) in [5, 5.41) is 2.86. The van der Waals surface area contributed by atoms with Gasteiger partial charge >= 0.3 is 0 Å². The summed E-state index contributed by atoms with van der Waals surface area (Å²) >= 11 is 0. The van der Waals surface area contributed by atoms with E-state index in [4.69, 9.17) is 0 Å². The molecule has 0 spiro atoms. The zero-order valence-electron chi connectivity index (χ0n) is 14.2.